The molecule has 0 aromatic carbocycles. The quantitative estimate of drug-likeness (QED) is 0.454. The smallest absolute Gasteiger partial charge is 0.317 e. The number of cyclic esters (lactones) is 4. The number of fused-ring (bicyclic) bond motifs is 12. The molecular weight excluding hydrogens is 364 g/mol. The van der Waals surface area contributed by atoms with Crippen LogP contribution in [0.25, 0.3) is 0 Å². The van der Waals surface area contributed by atoms with Crippen LogP contribution < -0.4 is 0 Å². The molecule has 6 unspecified atom stereocenters. The summed E-state index contributed by atoms with van der Waals surface area (Å²) >= 11 is 0. The number of ether oxygens (including phenoxy) is 2. The van der Waals surface area contributed by atoms with Gasteiger partial charge in [0.25, 0.3) is 0 Å². The van der Waals surface area contributed by atoms with Gasteiger partial charge in [0.05, 0.1) is 23.7 Å². The highest BCUT2D eigenvalue weighted by atomic mass is 16.6. The topological polar surface area (TPSA) is 104 Å². The van der Waals surface area contributed by atoms with E-state index in [1.165, 1.54) is 0 Å². The van der Waals surface area contributed by atoms with E-state index in [0.717, 1.165) is 25.7 Å². The van der Waals surface area contributed by atoms with Crippen molar-refractivity contribution in [1.29, 1.82) is 0 Å². The Labute approximate surface area is 160 Å². The molecule has 2 saturated heterocycles. The molecule has 7 rings (SSSR count). The third-order valence-electron chi connectivity index (χ3n) is 9.85. The summed E-state index contributed by atoms with van der Waals surface area (Å²) in [5.74, 6) is -3.28. The molecule has 2 spiro atoms. The van der Waals surface area contributed by atoms with Crippen molar-refractivity contribution in [2.45, 2.75) is 38.5 Å². The highest BCUT2D eigenvalue weighted by Crippen LogP contribution is 2.75. The summed E-state index contributed by atoms with van der Waals surface area (Å²) in [6.07, 6.45) is 4.27. The molecule has 2 aliphatic heterocycles. The Balaban J connectivity index is 1.27. The summed E-state index contributed by atoms with van der Waals surface area (Å²) in [5.41, 5.74) is -1.11. The van der Waals surface area contributed by atoms with Gasteiger partial charge in [-0.05, 0) is 62.2 Å². The van der Waals surface area contributed by atoms with Gasteiger partial charge in [0.1, 0.15) is 5.78 Å². The fourth-order valence-corrected chi connectivity index (χ4v) is 9.16. The minimum atomic E-state index is -0.554. The summed E-state index contributed by atoms with van der Waals surface area (Å²) in [7, 11) is 0. The maximum atomic E-state index is 14.0. The fraction of sp³-hybridized carbons (Fsp3) is 0.762. The molecule has 7 aliphatic rings. The van der Waals surface area contributed by atoms with Crippen molar-refractivity contribution in [3.8, 4) is 0 Å². The Morgan fingerprint density at radius 1 is 0.607 bits per heavy atom. The van der Waals surface area contributed by atoms with Crippen molar-refractivity contribution in [3.63, 3.8) is 0 Å². The van der Waals surface area contributed by atoms with Gasteiger partial charge in [0.15, 0.2) is 0 Å². The van der Waals surface area contributed by atoms with Crippen LogP contribution in [-0.2, 0) is 33.4 Å². The van der Waals surface area contributed by atoms with E-state index in [1.54, 1.807) is 0 Å². The molecule has 0 aromatic heterocycles. The number of carbonyl (C=O) groups is 5. The zero-order chi connectivity index (χ0) is 19.2. The van der Waals surface area contributed by atoms with E-state index in [9.17, 15) is 24.0 Å². The molecule has 0 amide bonds. The molecule has 0 aromatic rings. The molecule has 7 fully saturated rings. The fourth-order valence-electron chi connectivity index (χ4n) is 9.16. The van der Waals surface area contributed by atoms with E-state index in [-0.39, 0.29) is 41.3 Å². The van der Waals surface area contributed by atoms with Crippen molar-refractivity contribution < 1.29 is 33.4 Å². The molecule has 2 heterocycles. The lowest BCUT2D eigenvalue weighted by Gasteiger charge is -2.41. The van der Waals surface area contributed by atoms with Gasteiger partial charge in [-0.3, -0.25) is 24.0 Å². The number of Topliss-reactive ketones (excluding diaryl/α,β-unsaturated/α-hetero) is 1. The van der Waals surface area contributed by atoms with Crippen molar-refractivity contribution in [1.82, 2.24) is 0 Å². The van der Waals surface area contributed by atoms with Gasteiger partial charge in [-0.25, -0.2) is 0 Å². The van der Waals surface area contributed by atoms with Crippen LogP contribution in [0.4, 0.5) is 0 Å². The molecule has 28 heavy (non-hydrogen) atoms. The SMILES string of the molecule is O=C1OC(=O)C2C1C1C[C@H]2C[C@]12CC[C@]1(C[C@@H]3CC1C1C(=O)OC(=O)C13)C2=O. The van der Waals surface area contributed by atoms with E-state index in [1.807, 2.05) is 0 Å². The second kappa shape index (κ2) is 4.41. The summed E-state index contributed by atoms with van der Waals surface area (Å²) in [6, 6.07) is 0. The van der Waals surface area contributed by atoms with E-state index in [0.29, 0.717) is 12.8 Å². The van der Waals surface area contributed by atoms with E-state index in [4.69, 9.17) is 9.47 Å². The van der Waals surface area contributed by atoms with Crippen LogP contribution in [-0.4, -0.2) is 29.7 Å². The third kappa shape index (κ3) is 1.40. The zero-order valence-electron chi connectivity index (χ0n) is 15.2. The van der Waals surface area contributed by atoms with Gasteiger partial charge in [-0.2, -0.15) is 0 Å². The summed E-state index contributed by atoms with van der Waals surface area (Å²) in [4.78, 5) is 62.8. The lowest BCUT2D eigenvalue weighted by atomic mass is 9.58. The first-order chi connectivity index (χ1) is 13.4. The number of hydrogen-bond donors (Lipinski definition) is 0. The van der Waals surface area contributed by atoms with Gasteiger partial charge >= 0.3 is 23.9 Å². The monoisotopic (exact) mass is 384 g/mol. The summed E-state index contributed by atoms with van der Waals surface area (Å²) < 4.78 is 9.82. The third-order valence-corrected chi connectivity index (χ3v) is 9.85. The lowest BCUT2D eigenvalue weighted by Crippen LogP contribution is -2.48. The first-order valence-corrected chi connectivity index (χ1v) is 10.4. The number of carbonyl (C=O) groups excluding carboxylic acids is 5. The van der Waals surface area contributed by atoms with Crippen molar-refractivity contribution >= 4 is 29.7 Å². The van der Waals surface area contributed by atoms with Gasteiger partial charge in [-0.1, -0.05) is 0 Å². The normalized spacial score (nSPS) is 57.6. The highest BCUT2D eigenvalue weighted by Gasteiger charge is 2.78. The Morgan fingerprint density at radius 3 is 1.43 bits per heavy atom. The number of esters is 4. The van der Waals surface area contributed by atoms with Gasteiger partial charge in [0.2, 0.25) is 0 Å². The van der Waals surface area contributed by atoms with Crippen LogP contribution in [0.15, 0.2) is 0 Å². The van der Waals surface area contributed by atoms with E-state index >= 15 is 0 Å². The zero-order valence-corrected chi connectivity index (χ0v) is 15.2. The number of ketones is 1. The first-order valence-electron chi connectivity index (χ1n) is 10.4. The minimum absolute atomic E-state index is 0.0532. The van der Waals surface area contributed by atoms with Crippen LogP contribution in [0.3, 0.4) is 0 Å². The van der Waals surface area contributed by atoms with Gasteiger partial charge < -0.3 is 9.47 Å². The molecule has 5 aliphatic carbocycles. The van der Waals surface area contributed by atoms with Crippen LogP contribution in [0.1, 0.15) is 38.5 Å². The van der Waals surface area contributed by atoms with Crippen molar-refractivity contribution in [2.24, 2.45) is 58.2 Å². The average Bonchev–Trinajstić information content (AvgIpc) is 3.46. The van der Waals surface area contributed by atoms with Crippen LogP contribution in [0.5, 0.6) is 0 Å². The van der Waals surface area contributed by atoms with Gasteiger partial charge in [0, 0.05) is 10.8 Å². The Morgan fingerprint density at radius 2 is 1.00 bits per heavy atom. The maximum absolute atomic E-state index is 14.0. The van der Waals surface area contributed by atoms with E-state index in [2.05, 4.69) is 0 Å². The standard InChI is InChI=1S/C21H20O7/c22-15-11-7-3-9(13(11)17(24)27-15)20(5-7)1-2-21(19(20)26)6-8-4-10(21)14-12(8)16(23)28-18(14)25/h7-14H,1-6H2/t7-,8-,9?,10?,11?,12?,13?,14?,20+,21+/m0/s1. The molecule has 0 radical (unpaired) electrons. The molecule has 146 valence electrons. The first kappa shape index (κ1) is 15.8. The van der Waals surface area contributed by atoms with Crippen molar-refractivity contribution in [3.05, 3.63) is 0 Å². The molecule has 7 heteroatoms. The number of hydrogen-bond acceptors (Lipinski definition) is 7. The predicted molar refractivity (Wildman–Crippen MR) is 87.7 cm³/mol. The van der Waals surface area contributed by atoms with Crippen molar-refractivity contribution in [2.75, 3.05) is 0 Å². The molecule has 5 saturated carbocycles. The molecule has 7 nitrogen and oxygen atoms in total. The molecule has 4 bridgehead atoms. The van der Waals surface area contributed by atoms with E-state index < -0.39 is 46.5 Å². The Bertz CT molecular complexity index is 850. The Kier molecular flexibility index (Phi) is 2.49. The van der Waals surface area contributed by atoms with Crippen LogP contribution in [0, 0.1) is 58.2 Å². The summed E-state index contributed by atoms with van der Waals surface area (Å²) in [5, 5.41) is 0. The molecule has 10 atom stereocenters. The summed E-state index contributed by atoms with van der Waals surface area (Å²) in [6.45, 7) is 0. The predicted octanol–water partition coefficient (Wildman–Crippen LogP) is 1.03. The lowest BCUT2D eigenvalue weighted by molar-refractivity contribution is -0.156. The maximum Gasteiger partial charge on any atom is 0.317 e. The highest BCUT2D eigenvalue weighted by molar-refractivity contribution is 6.02. The second-order valence-corrected chi connectivity index (χ2v) is 10.3. The van der Waals surface area contributed by atoms with Crippen LogP contribution >= 0.6 is 0 Å². The molecule has 0 N–H and O–H groups in total. The second-order valence-electron chi connectivity index (χ2n) is 10.3. The Hall–Kier alpha value is -2.05. The average molecular weight is 384 g/mol. The molecular formula is C21H20O7. The largest absolute Gasteiger partial charge is 0.393 e. The minimum Gasteiger partial charge on any atom is -0.393 e. The van der Waals surface area contributed by atoms with Gasteiger partial charge in [-0.15, -0.1) is 0 Å². The van der Waals surface area contributed by atoms with Crippen LogP contribution in [0.2, 0.25) is 0 Å². The number of rotatable bonds is 0.